The molecule has 29 heavy (non-hydrogen) atoms. The van der Waals surface area contributed by atoms with Crippen molar-refractivity contribution in [2.45, 2.75) is 6.92 Å². The van der Waals surface area contributed by atoms with Gasteiger partial charge in [0.05, 0.1) is 15.5 Å². The van der Waals surface area contributed by atoms with Crippen molar-refractivity contribution in [1.29, 1.82) is 0 Å². The summed E-state index contributed by atoms with van der Waals surface area (Å²) in [7, 11) is 0. The molecule has 11 heteroatoms. The summed E-state index contributed by atoms with van der Waals surface area (Å²) in [5, 5.41) is 22.5. The average Bonchev–Trinajstić information content (AvgIpc) is 2.73. The second-order valence-corrected chi connectivity index (χ2v) is 5.79. The minimum Gasteiger partial charge on any atom is -0.321 e. The molecule has 0 aliphatic rings. The number of hydrazine groups is 1. The van der Waals surface area contributed by atoms with Gasteiger partial charge in [0.15, 0.2) is 0 Å². The largest absolute Gasteiger partial charge is 0.355 e. The lowest BCUT2D eigenvalue weighted by atomic mass is 10.2. The summed E-state index contributed by atoms with van der Waals surface area (Å²) in [5.74, 6) is 0.111. The highest BCUT2D eigenvalue weighted by molar-refractivity contribution is 5.76. The van der Waals surface area contributed by atoms with Crippen LogP contribution in [0.2, 0.25) is 0 Å². The maximum atomic E-state index is 11.8. The molecule has 0 saturated carbocycles. The van der Waals surface area contributed by atoms with Crippen molar-refractivity contribution in [1.82, 2.24) is 9.97 Å². The molecule has 0 spiro atoms. The zero-order chi connectivity index (χ0) is 20.8. The van der Waals surface area contributed by atoms with E-state index in [-0.39, 0.29) is 23.0 Å². The van der Waals surface area contributed by atoms with Gasteiger partial charge in [0, 0.05) is 24.4 Å². The van der Waals surface area contributed by atoms with Gasteiger partial charge in [0.1, 0.15) is 6.33 Å². The number of anilines is 4. The Bertz CT molecular complexity index is 1010. The molecule has 0 saturated heterocycles. The molecule has 0 amide bonds. The van der Waals surface area contributed by atoms with Crippen LogP contribution in [0.4, 0.5) is 34.4 Å². The quantitative estimate of drug-likeness (QED) is 0.429. The first-order valence-electron chi connectivity index (χ1n) is 8.59. The van der Waals surface area contributed by atoms with Gasteiger partial charge in [-0.3, -0.25) is 31.1 Å². The van der Waals surface area contributed by atoms with Crippen molar-refractivity contribution in [3.63, 3.8) is 0 Å². The SMILES string of the molecule is CCN(c1ccccc1)c1ncnc(NNc2ccc([N+](=O)[O-])cc2)c1[N+](=O)[O-]. The molecule has 1 heterocycles. The summed E-state index contributed by atoms with van der Waals surface area (Å²) in [4.78, 5) is 31.2. The van der Waals surface area contributed by atoms with Gasteiger partial charge < -0.3 is 4.90 Å². The van der Waals surface area contributed by atoms with E-state index in [0.29, 0.717) is 12.2 Å². The number of hydrogen-bond donors (Lipinski definition) is 2. The van der Waals surface area contributed by atoms with Crippen LogP contribution < -0.4 is 15.8 Å². The highest BCUT2D eigenvalue weighted by atomic mass is 16.6. The van der Waals surface area contributed by atoms with E-state index in [9.17, 15) is 20.2 Å². The standard InChI is InChI=1S/C18H17N7O4/c1-2-23(14-6-4-3-5-7-14)18-16(25(28)29)17(19-12-20-18)22-21-13-8-10-15(11-9-13)24(26)27/h3-12,21H,2H2,1H3,(H,19,20,22). The first-order valence-corrected chi connectivity index (χ1v) is 8.59. The number of nitrogens with one attached hydrogen (secondary N) is 2. The van der Waals surface area contributed by atoms with Gasteiger partial charge in [-0.05, 0) is 31.2 Å². The van der Waals surface area contributed by atoms with Crippen molar-refractivity contribution >= 4 is 34.4 Å². The molecule has 1 aromatic heterocycles. The first-order chi connectivity index (χ1) is 14.0. The number of non-ortho nitro benzene ring substituents is 1. The lowest BCUT2D eigenvalue weighted by Crippen LogP contribution is -2.21. The summed E-state index contributed by atoms with van der Waals surface area (Å²) in [6.45, 7) is 2.32. The van der Waals surface area contributed by atoms with E-state index in [1.165, 1.54) is 30.6 Å². The second kappa shape index (κ2) is 8.61. The van der Waals surface area contributed by atoms with Gasteiger partial charge in [0.25, 0.3) is 5.69 Å². The fourth-order valence-electron chi connectivity index (χ4n) is 2.69. The van der Waals surface area contributed by atoms with Gasteiger partial charge in [0.2, 0.25) is 11.6 Å². The predicted octanol–water partition coefficient (Wildman–Crippen LogP) is 3.89. The van der Waals surface area contributed by atoms with Crippen LogP contribution in [0.5, 0.6) is 0 Å². The number of hydrogen-bond acceptors (Lipinski definition) is 9. The fraction of sp³-hybridized carbons (Fsp3) is 0.111. The molecule has 0 unspecified atom stereocenters. The Kier molecular flexibility index (Phi) is 5.78. The molecule has 0 atom stereocenters. The van der Waals surface area contributed by atoms with Crippen LogP contribution in [-0.2, 0) is 0 Å². The highest BCUT2D eigenvalue weighted by Crippen LogP contribution is 2.35. The highest BCUT2D eigenvalue weighted by Gasteiger charge is 2.27. The molecular formula is C18H17N7O4. The summed E-state index contributed by atoms with van der Waals surface area (Å²) < 4.78 is 0. The number of benzene rings is 2. The van der Waals surface area contributed by atoms with E-state index in [0.717, 1.165) is 5.69 Å². The molecule has 11 nitrogen and oxygen atoms in total. The third-order valence-electron chi connectivity index (χ3n) is 4.03. The molecule has 0 radical (unpaired) electrons. The zero-order valence-electron chi connectivity index (χ0n) is 15.3. The maximum Gasteiger partial charge on any atom is 0.355 e. The number of para-hydroxylation sites is 1. The van der Waals surface area contributed by atoms with E-state index in [4.69, 9.17) is 0 Å². The molecule has 0 aliphatic heterocycles. The van der Waals surface area contributed by atoms with E-state index < -0.39 is 9.85 Å². The second-order valence-electron chi connectivity index (χ2n) is 5.79. The number of nitro groups is 2. The van der Waals surface area contributed by atoms with Gasteiger partial charge in [-0.1, -0.05) is 18.2 Å². The zero-order valence-corrected chi connectivity index (χ0v) is 15.3. The lowest BCUT2D eigenvalue weighted by molar-refractivity contribution is -0.384. The molecule has 2 aromatic carbocycles. The van der Waals surface area contributed by atoms with Gasteiger partial charge in [-0.25, -0.2) is 9.97 Å². The summed E-state index contributed by atoms with van der Waals surface area (Å²) in [6.07, 6.45) is 1.23. The smallest absolute Gasteiger partial charge is 0.321 e. The van der Waals surface area contributed by atoms with Crippen molar-refractivity contribution in [2.75, 3.05) is 22.3 Å². The number of nitro benzene ring substituents is 1. The lowest BCUT2D eigenvalue weighted by Gasteiger charge is -2.22. The Labute approximate surface area is 165 Å². The van der Waals surface area contributed by atoms with Crippen molar-refractivity contribution < 1.29 is 9.85 Å². The Hall–Kier alpha value is -4.28. The van der Waals surface area contributed by atoms with Crippen LogP contribution in [0.3, 0.4) is 0 Å². The topological polar surface area (TPSA) is 139 Å². The normalized spacial score (nSPS) is 10.2. The first kappa shape index (κ1) is 19.5. The van der Waals surface area contributed by atoms with E-state index in [2.05, 4.69) is 20.8 Å². The maximum absolute atomic E-state index is 11.8. The number of rotatable bonds is 8. The summed E-state index contributed by atoms with van der Waals surface area (Å²) >= 11 is 0. The Morgan fingerprint density at radius 2 is 1.62 bits per heavy atom. The molecular weight excluding hydrogens is 378 g/mol. The molecule has 3 rings (SSSR count). The van der Waals surface area contributed by atoms with Crippen LogP contribution in [0.25, 0.3) is 0 Å². The summed E-state index contributed by atoms with van der Waals surface area (Å²) in [5.41, 5.74) is 6.32. The van der Waals surface area contributed by atoms with E-state index >= 15 is 0 Å². The monoisotopic (exact) mass is 395 g/mol. The van der Waals surface area contributed by atoms with Crippen LogP contribution >= 0.6 is 0 Å². The molecule has 0 fully saturated rings. The summed E-state index contributed by atoms with van der Waals surface area (Å²) in [6, 6.07) is 14.8. The van der Waals surface area contributed by atoms with Crippen LogP contribution in [0.1, 0.15) is 6.92 Å². The van der Waals surface area contributed by atoms with Crippen LogP contribution in [0, 0.1) is 20.2 Å². The molecule has 2 N–H and O–H groups in total. The number of aromatic nitrogens is 2. The van der Waals surface area contributed by atoms with Gasteiger partial charge in [-0.2, -0.15) is 0 Å². The van der Waals surface area contributed by atoms with Gasteiger partial charge >= 0.3 is 5.69 Å². The van der Waals surface area contributed by atoms with Crippen molar-refractivity contribution in [3.05, 3.63) is 81.2 Å². The minimum atomic E-state index is -0.555. The van der Waals surface area contributed by atoms with Crippen LogP contribution in [0.15, 0.2) is 60.9 Å². The average molecular weight is 395 g/mol. The molecule has 3 aromatic rings. The number of nitrogens with zero attached hydrogens (tertiary/aromatic N) is 5. The molecule has 148 valence electrons. The van der Waals surface area contributed by atoms with E-state index in [1.54, 1.807) is 4.90 Å². The molecule has 0 bridgehead atoms. The third-order valence-corrected chi connectivity index (χ3v) is 4.03. The Morgan fingerprint density at radius 3 is 2.21 bits per heavy atom. The predicted molar refractivity (Wildman–Crippen MR) is 108 cm³/mol. The fourth-order valence-corrected chi connectivity index (χ4v) is 2.69. The Balaban J connectivity index is 1.90. The Morgan fingerprint density at radius 1 is 0.931 bits per heavy atom. The van der Waals surface area contributed by atoms with E-state index in [1.807, 2.05) is 37.3 Å². The van der Waals surface area contributed by atoms with Crippen molar-refractivity contribution in [2.24, 2.45) is 0 Å². The molecule has 0 aliphatic carbocycles. The van der Waals surface area contributed by atoms with Crippen LogP contribution in [-0.4, -0.2) is 26.4 Å². The van der Waals surface area contributed by atoms with Gasteiger partial charge in [-0.15, -0.1) is 0 Å². The van der Waals surface area contributed by atoms with Crippen molar-refractivity contribution in [3.8, 4) is 0 Å². The third kappa shape index (κ3) is 4.35. The minimum absolute atomic E-state index is 0.0345.